The van der Waals surface area contributed by atoms with E-state index in [0.717, 1.165) is 19.5 Å². The molecule has 2 heterocycles. The molecular formula is C10H13N3O. The summed E-state index contributed by atoms with van der Waals surface area (Å²) in [6, 6.07) is 2.63. The van der Waals surface area contributed by atoms with Gasteiger partial charge in [0.15, 0.2) is 5.54 Å². The highest BCUT2D eigenvalue weighted by atomic mass is 16.1. The number of carbonyl (C=O) groups excluding carboxylic acids is 1. The molecule has 0 aromatic carbocycles. The second-order valence-electron chi connectivity index (χ2n) is 4.13. The molecule has 2 unspecified atom stereocenters. The Bertz CT molecular complexity index is 316. The Balaban J connectivity index is 2.16. The Morgan fingerprint density at radius 1 is 1.50 bits per heavy atom. The summed E-state index contributed by atoms with van der Waals surface area (Å²) >= 11 is 0. The Hall–Kier alpha value is -1.17. The van der Waals surface area contributed by atoms with Crippen molar-refractivity contribution in [3.05, 3.63) is 0 Å². The van der Waals surface area contributed by atoms with E-state index in [9.17, 15) is 4.79 Å². The number of hydrogen-bond acceptors (Lipinski definition) is 4. The van der Waals surface area contributed by atoms with Crippen molar-refractivity contribution in [1.29, 1.82) is 5.26 Å². The van der Waals surface area contributed by atoms with Gasteiger partial charge in [-0.05, 0) is 25.8 Å². The van der Waals surface area contributed by atoms with Crippen molar-refractivity contribution in [1.82, 2.24) is 4.90 Å². The van der Waals surface area contributed by atoms with Crippen molar-refractivity contribution >= 4 is 6.08 Å². The first-order valence-electron chi connectivity index (χ1n) is 5.04. The number of rotatable bonds is 1. The predicted molar refractivity (Wildman–Crippen MR) is 50.3 cm³/mol. The monoisotopic (exact) mass is 191 g/mol. The van der Waals surface area contributed by atoms with Crippen LogP contribution in [0.1, 0.15) is 25.7 Å². The van der Waals surface area contributed by atoms with Crippen molar-refractivity contribution in [2.24, 2.45) is 4.99 Å². The Labute approximate surface area is 83.2 Å². The molecule has 2 atom stereocenters. The largest absolute Gasteiger partial charge is 0.300 e. The van der Waals surface area contributed by atoms with E-state index >= 15 is 0 Å². The van der Waals surface area contributed by atoms with Crippen LogP contribution in [-0.4, -0.2) is 35.7 Å². The molecule has 0 saturated carbocycles. The summed E-state index contributed by atoms with van der Waals surface area (Å²) < 4.78 is 0. The average Bonchev–Trinajstić information content (AvgIpc) is 2.65. The minimum Gasteiger partial charge on any atom is -0.300 e. The molecule has 2 rings (SSSR count). The van der Waals surface area contributed by atoms with Gasteiger partial charge in [-0.1, -0.05) is 0 Å². The van der Waals surface area contributed by atoms with Gasteiger partial charge in [-0.2, -0.15) is 10.3 Å². The molecule has 74 valence electrons. The predicted octanol–water partition coefficient (Wildman–Crippen LogP) is 0.843. The van der Waals surface area contributed by atoms with Crippen LogP contribution in [0.2, 0.25) is 0 Å². The fraction of sp³-hybridized carbons (Fsp3) is 0.800. The molecule has 0 amide bonds. The van der Waals surface area contributed by atoms with Gasteiger partial charge in [0, 0.05) is 19.0 Å². The summed E-state index contributed by atoms with van der Waals surface area (Å²) in [5.41, 5.74) is -0.771. The maximum atomic E-state index is 10.3. The number of fused-ring (bicyclic) bond motifs is 1. The number of aliphatic imine (C=N–C) groups is 1. The van der Waals surface area contributed by atoms with Crippen molar-refractivity contribution in [2.45, 2.75) is 37.3 Å². The molecule has 0 N–H and O–H groups in total. The van der Waals surface area contributed by atoms with Crippen molar-refractivity contribution < 1.29 is 4.79 Å². The van der Waals surface area contributed by atoms with Gasteiger partial charge in [-0.15, -0.1) is 0 Å². The van der Waals surface area contributed by atoms with E-state index in [1.54, 1.807) is 6.08 Å². The first-order chi connectivity index (χ1) is 6.79. The van der Waals surface area contributed by atoms with E-state index in [1.165, 1.54) is 6.42 Å². The third-order valence-electron chi connectivity index (χ3n) is 3.35. The molecule has 0 aliphatic carbocycles. The lowest BCUT2D eigenvalue weighted by Gasteiger charge is -2.36. The number of hydrogen-bond donors (Lipinski definition) is 0. The molecule has 2 fully saturated rings. The molecule has 4 nitrogen and oxygen atoms in total. The minimum atomic E-state index is -0.771. The fourth-order valence-electron chi connectivity index (χ4n) is 2.56. The second kappa shape index (κ2) is 3.53. The van der Waals surface area contributed by atoms with Crippen LogP contribution in [0.4, 0.5) is 0 Å². The van der Waals surface area contributed by atoms with Gasteiger partial charge in [0.05, 0.1) is 6.07 Å². The van der Waals surface area contributed by atoms with Crippen LogP contribution in [0.15, 0.2) is 4.99 Å². The number of piperidine rings is 1. The summed E-state index contributed by atoms with van der Waals surface area (Å²) in [5.74, 6) is 0. The van der Waals surface area contributed by atoms with Crippen LogP contribution in [0.25, 0.3) is 0 Å². The van der Waals surface area contributed by atoms with Crippen LogP contribution < -0.4 is 0 Å². The third-order valence-corrected chi connectivity index (χ3v) is 3.35. The summed E-state index contributed by atoms with van der Waals surface area (Å²) in [6.07, 6.45) is 5.27. The van der Waals surface area contributed by atoms with Crippen molar-refractivity contribution in [3.8, 4) is 6.07 Å². The zero-order valence-electron chi connectivity index (χ0n) is 8.07. The maximum absolute atomic E-state index is 10.3. The minimum absolute atomic E-state index is 0.459. The SMILES string of the molecule is N#CC1(N=C=O)CCN2CCCC2C1. The van der Waals surface area contributed by atoms with Crippen LogP contribution >= 0.6 is 0 Å². The molecule has 2 aliphatic heterocycles. The molecule has 4 heteroatoms. The highest BCUT2D eigenvalue weighted by Gasteiger charge is 2.41. The normalized spacial score (nSPS) is 36.9. The van der Waals surface area contributed by atoms with E-state index in [2.05, 4.69) is 16.0 Å². The average molecular weight is 191 g/mol. The van der Waals surface area contributed by atoms with Crippen LogP contribution in [0.3, 0.4) is 0 Å². The molecule has 0 aromatic rings. The van der Waals surface area contributed by atoms with Gasteiger partial charge in [0.2, 0.25) is 6.08 Å². The summed E-state index contributed by atoms with van der Waals surface area (Å²) in [5, 5.41) is 9.05. The number of nitriles is 1. The van der Waals surface area contributed by atoms with E-state index in [4.69, 9.17) is 5.26 Å². The quantitative estimate of drug-likeness (QED) is 0.456. The van der Waals surface area contributed by atoms with Gasteiger partial charge in [-0.3, -0.25) is 0 Å². The van der Waals surface area contributed by atoms with Crippen molar-refractivity contribution in [3.63, 3.8) is 0 Å². The van der Waals surface area contributed by atoms with E-state index < -0.39 is 5.54 Å². The number of nitrogens with zero attached hydrogens (tertiary/aromatic N) is 3. The highest BCUT2D eigenvalue weighted by Crippen LogP contribution is 2.34. The number of isocyanates is 1. The topological polar surface area (TPSA) is 56.5 Å². The third kappa shape index (κ3) is 1.45. The summed E-state index contributed by atoms with van der Waals surface area (Å²) in [6.45, 7) is 2.03. The lowest BCUT2D eigenvalue weighted by atomic mass is 9.85. The Morgan fingerprint density at radius 3 is 3.07 bits per heavy atom. The van der Waals surface area contributed by atoms with E-state index in [-0.39, 0.29) is 0 Å². The maximum Gasteiger partial charge on any atom is 0.236 e. The molecule has 0 bridgehead atoms. The smallest absolute Gasteiger partial charge is 0.236 e. The lowest BCUT2D eigenvalue weighted by Crippen LogP contribution is -2.45. The fourth-order valence-corrected chi connectivity index (χ4v) is 2.56. The molecule has 2 aliphatic rings. The molecule has 0 spiro atoms. The van der Waals surface area contributed by atoms with Crippen molar-refractivity contribution in [2.75, 3.05) is 13.1 Å². The zero-order valence-corrected chi connectivity index (χ0v) is 8.07. The van der Waals surface area contributed by atoms with Crippen LogP contribution in [-0.2, 0) is 4.79 Å². The first-order valence-corrected chi connectivity index (χ1v) is 5.04. The van der Waals surface area contributed by atoms with Gasteiger partial charge >= 0.3 is 0 Å². The Kier molecular flexibility index (Phi) is 2.37. The standard InChI is InChI=1S/C10H13N3O/c11-7-10(12-8-14)3-5-13-4-1-2-9(13)6-10/h9H,1-6H2. The van der Waals surface area contributed by atoms with Gasteiger partial charge in [0.1, 0.15) is 0 Å². The summed E-state index contributed by atoms with van der Waals surface area (Å²) in [4.78, 5) is 16.4. The van der Waals surface area contributed by atoms with Crippen LogP contribution in [0, 0.1) is 11.3 Å². The Morgan fingerprint density at radius 2 is 2.36 bits per heavy atom. The van der Waals surface area contributed by atoms with Gasteiger partial charge in [0.25, 0.3) is 0 Å². The van der Waals surface area contributed by atoms with Gasteiger partial charge in [-0.25, -0.2) is 4.79 Å². The van der Waals surface area contributed by atoms with E-state index in [1.807, 2.05) is 0 Å². The molecule has 14 heavy (non-hydrogen) atoms. The molecule has 2 saturated heterocycles. The van der Waals surface area contributed by atoms with Crippen LogP contribution in [0.5, 0.6) is 0 Å². The van der Waals surface area contributed by atoms with Gasteiger partial charge < -0.3 is 4.90 Å². The van der Waals surface area contributed by atoms with E-state index in [0.29, 0.717) is 18.9 Å². The first kappa shape index (κ1) is 9.39. The lowest BCUT2D eigenvalue weighted by molar-refractivity contribution is 0.158. The summed E-state index contributed by atoms with van der Waals surface area (Å²) in [7, 11) is 0. The molecule has 0 radical (unpaired) electrons. The zero-order chi connectivity index (χ0) is 10.0. The second-order valence-corrected chi connectivity index (χ2v) is 4.13. The highest BCUT2D eigenvalue weighted by molar-refractivity contribution is 5.37. The molecule has 0 aromatic heterocycles. The molecular weight excluding hydrogens is 178 g/mol.